The SMILES string of the molecule is O=C(O)CN(CC(=O)O)Cc1ccc(C(F)(F)F)cc1. The number of benzene rings is 1. The average Bonchev–Trinajstić information content (AvgIpc) is 2.26. The van der Waals surface area contributed by atoms with Gasteiger partial charge in [-0.25, -0.2) is 0 Å². The summed E-state index contributed by atoms with van der Waals surface area (Å²) in [6.45, 7) is -1.07. The van der Waals surface area contributed by atoms with E-state index >= 15 is 0 Å². The lowest BCUT2D eigenvalue weighted by Gasteiger charge is -2.18. The van der Waals surface area contributed by atoms with Gasteiger partial charge in [-0.1, -0.05) is 12.1 Å². The van der Waals surface area contributed by atoms with Gasteiger partial charge in [-0.3, -0.25) is 14.5 Å². The topological polar surface area (TPSA) is 77.8 Å². The molecule has 0 heterocycles. The highest BCUT2D eigenvalue weighted by molar-refractivity contribution is 5.72. The molecule has 1 aromatic rings. The Hall–Kier alpha value is -2.09. The lowest BCUT2D eigenvalue weighted by molar-refractivity contribution is -0.142. The van der Waals surface area contributed by atoms with Crippen LogP contribution in [0.4, 0.5) is 13.2 Å². The Morgan fingerprint density at radius 2 is 1.45 bits per heavy atom. The first-order valence-corrected chi connectivity index (χ1v) is 5.50. The van der Waals surface area contributed by atoms with E-state index in [0.717, 1.165) is 17.0 Å². The summed E-state index contributed by atoms with van der Waals surface area (Å²) in [6.07, 6.45) is -4.44. The Balaban J connectivity index is 2.78. The standard InChI is InChI=1S/C12H12F3NO4/c13-12(14,15)9-3-1-8(2-4-9)5-16(6-10(17)18)7-11(19)20/h1-4H,5-7H2,(H,17,18)(H,19,20). The molecule has 110 valence electrons. The van der Waals surface area contributed by atoms with Crippen molar-refractivity contribution in [3.05, 3.63) is 35.4 Å². The molecule has 0 amide bonds. The summed E-state index contributed by atoms with van der Waals surface area (Å²) < 4.78 is 37.1. The van der Waals surface area contributed by atoms with E-state index in [0.29, 0.717) is 5.56 Å². The number of hydrogen-bond acceptors (Lipinski definition) is 3. The molecule has 8 heteroatoms. The monoisotopic (exact) mass is 291 g/mol. The first-order chi connectivity index (χ1) is 9.18. The van der Waals surface area contributed by atoms with Crippen LogP contribution < -0.4 is 0 Å². The molecule has 0 saturated carbocycles. The Morgan fingerprint density at radius 1 is 1.00 bits per heavy atom. The Morgan fingerprint density at radius 3 is 1.80 bits per heavy atom. The van der Waals surface area contributed by atoms with Crippen LogP contribution in [0, 0.1) is 0 Å². The first kappa shape index (κ1) is 16.0. The lowest BCUT2D eigenvalue weighted by Crippen LogP contribution is -2.33. The number of carbonyl (C=O) groups is 2. The van der Waals surface area contributed by atoms with Crippen molar-refractivity contribution in [1.82, 2.24) is 4.90 Å². The number of nitrogens with zero attached hydrogens (tertiary/aromatic N) is 1. The van der Waals surface area contributed by atoms with Crippen LogP contribution >= 0.6 is 0 Å². The van der Waals surface area contributed by atoms with Gasteiger partial charge < -0.3 is 10.2 Å². The largest absolute Gasteiger partial charge is 0.480 e. The molecule has 20 heavy (non-hydrogen) atoms. The van der Waals surface area contributed by atoms with Gasteiger partial charge in [-0.05, 0) is 17.7 Å². The van der Waals surface area contributed by atoms with E-state index in [4.69, 9.17) is 10.2 Å². The van der Waals surface area contributed by atoms with Gasteiger partial charge >= 0.3 is 18.1 Å². The summed E-state index contributed by atoms with van der Waals surface area (Å²) in [6, 6.07) is 4.13. The Bertz CT molecular complexity index is 468. The molecule has 0 aliphatic rings. The molecule has 0 bridgehead atoms. The minimum Gasteiger partial charge on any atom is -0.480 e. The molecule has 0 spiro atoms. The Kier molecular flexibility index (Phi) is 5.09. The summed E-state index contributed by atoms with van der Waals surface area (Å²) in [5.74, 6) is -2.42. The highest BCUT2D eigenvalue weighted by atomic mass is 19.4. The van der Waals surface area contributed by atoms with Crippen LogP contribution in [0.5, 0.6) is 0 Å². The van der Waals surface area contributed by atoms with E-state index in [2.05, 4.69) is 0 Å². The van der Waals surface area contributed by atoms with Crippen LogP contribution in [-0.2, 0) is 22.3 Å². The maximum absolute atomic E-state index is 12.4. The van der Waals surface area contributed by atoms with Gasteiger partial charge in [0, 0.05) is 6.54 Å². The number of rotatable bonds is 6. The zero-order chi connectivity index (χ0) is 15.3. The minimum absolute atomic E-state index is 0.0588. The molecule has 1 aromatic carbocycles. The molecule has 0 saturated heterocycles. The maximum Gasteiger partial charge on any atom is 0.416 e. The summed E-state index contributed by atoms with van der Waals surface area (Å²) >= 11 is 0. The third-order valence-electron chi connectivity index (χ3n) is 2.41. The second-order valence-corrected chi connectivity index (χ2v) is 4.13. The highest BCUT2D eigenvalue weighted by Gasteiger charge is 2.30. The second-order valence-electron chi connectivity index (χ2n) is 4.13. The van der Waals surface area contributed by atoms with Crippen molar-refractivity contribution in [2.75, 3.05) is 13.1 Å². The summed E-state index contributed by atoms with van der Waals surface area (Å²) in [5.41, 5.74) is -0.412. The van der Waals surface area contributed by atoms with Crippen LogP contribution in [0.15, 0.2) is 24.3 Å². The van der Waals surface area contributed by atoms with E-state index in [9.17, 15) is 22.8 Å². The molecule has 1 rings (SSSR count). The number of carboxylic acid groups (broad SMARTS) is 2. The van der Waals surface area contributed by atoms with Crippen molar-refractivity contribution in [1.29, 1.82) is 0 Å². The van der Waals surface area contributed by atoms with Gasteiger partial charge in [-0.2, -0.15) is 13.2 Å². The van der Waals surface area contributed by atoms with E-state index in [-0.39, 0.29) is 6.54 Å². The Labute approximate surface area is 112 Å². The molecular weight excluding hydrogens is 279 g/mol. The van der Waals surface area contributed by atoms with Crippen molar-refractivity contribution >= 4 is 11.9 Å². The van der Waals surface area contributed by atoms with Crippen LogP contribution in [-0.4, -0.2) is 40.1 Å². The van der Waals surface area contributed by atoms with Crippen LogP contribution in [0.2, 0.25) is 0 Å². The first-order valence-electron chi connectivity index (χ1n) is 5.50. The fourth-order valence-electron chi connectivity index (χ4n) is 1.61. The van der Waals surface area contributed by atoms with Gasteiger partial charge in [-0.15, -0.1) is 0 Å². The molecule has 0 aliphatic carbocycles. The van der Waals surface area contributed by atoms with E-state index < -0.39 is 36.8 Å². The van der Waals surface area contributed by atoms with E-state index in [1.54, 1.807) is 0 Å². The average molecular weight is 291 g/mol. The van der Waals surface area contributed by atoms with Gasteiger partial charge in [0.15, 0.2) is 0 Å². The normalized spacial score (nSPS) is 11.6. The fourth-order valence-corrected chi connectivity index (χ4v) is 1.61. The molecule has 0 aromatic heterocycles. The van der Waals surface area contributed by atoms with Gasteiger partial charge in [0.2, 0.25) is 0 Å². The van der Waals surface area contributed by atoms with Crippen LogP contribution in [0.3, 0.4) is 0 Å². The number of halogens is 3. The molecule has 0 fully saturated rings. The predicted octanol–water partition coefficient (Wildman–Crippen LogP) is 1.68. The molecule has 0 radical (unpaired) electrons. The highest BCUT2D eigenvalue weighted by Crippen LogP contribution is 2.29. The zero-order valence-electron chi connectivity index (χ0n) is 10.2. The molecular formula is C12H12F3NO4. The summed E-state index contributed by atoms with van der Waals surface area (Å²) in [5, 5.41) is 17.3. The van der Waals surface area contributed by atoms with Crippen molar-refractivity contribution in [3.63, 3.8) is 0 Å². The number of alkyl halides is 3. The maximum atomic E-state index is 12.4. The molecule has 0 atom stereocenters. The zero-order valence-corrected chi connectivity index (χ0v) is 10.2. The minimum atomic E-state index is -4.44. The third-order valence-corrected chi connectivity index (χ3v) is 2.41. The van der Waals surface area contributed by atoms with Crippen LogP contribution in [0.1, 0.15) is 11.1 Å². The fraction of sp³-hybridized carbons (Fsp3) is 0.333. The number of carboxylic acids is 2. The number of aliphatic carboxylic acids is 2. The van der Waals surface area contributed by atoms with Gasteiger partial charge in [0.25, 0.3) is 0 Å². The molecule has 5 nitrogen and oxygen atoms in total. The van der Waals surface area contributed by atoms with Crippen molar-refractivity contribution in [3.8, 4) is 0 Å². The quantitative estimate of drug-likeness (QED) is 0.833. The van der Waals surface area contributed by atoms with Crippen molar-refractivity contribution < 1.29 is 33.0 Å². The molecule has 0 unspecified atom stereocenters. The van der Waals surface area contributed by atoms with Crippen LogP contribution in [0.25, 0.3) is 0 Å². The van der Waals surface area contributed by atoms with Crippen molar-refractivity contribution in [2.24, 2.45) is 0 Å². The molecule has 0 aliphatic heterocycles. The molecule has 2 N–H and O–H groups in total. The second kappa shape index (κ2) is 6.38. The van der Waals surface area contributed by atoms with E-state index in [1.807, 2.05) is 0 Å². The number of hydrogen-bond donors (Lipinski definition) is 2. The third kappa shape index (κ3) is 5.27. The smallest absolute Gasteiger partial charge is 0.416 e. The summed E-state index contributed by atoms with van der Waals surface area (Å²) in [7, 11) is 0. The van der Waals surface area contributed by atoms with Crippen molar-refractivity contribution in [2.45, 2.75) is 12.7 Å². The summed E-state index contributed by atoms with van der Waals surface area (Å²) in [4.78, 5) is 22.3. The lowest BCUT2D eigenvalue weighted by atomic mass is 10.1. The van der Waals surface area contributed by atoms with Gasteiger partial charge in [0.1, 0.15) is 0 Å². The van der Waals surface area contributed by atoms with E-state index in [1.165, 1.54) is 12.1 Å². The predicted molar refractivity (Wildman–Crippen MR) is 62.0 cm³/mol. The van der Waals surface area contributed by atoms with Gasteiger partial charge in [0.05, 0.1) is 18.7 Å².